The maximum Gasteiger partial charge on any atom is 0.282 e. The van der Waals surface area contributed by atoms with Crippen molar-refractivity contribution in [2.24, 2.45) is 0 Å². The second-order valence-electron chi connectivity index (χ2n) is 5.87. The molecule has 1 aliphatic carbocycles. The molecule has 1 saturated heterocycles. The Bertz CT molecular complexity index is 723. The fraction of sp³-hybridized carbons (Fsp3) is 0.375. The first-order valence-electron chi connectivity index (χ1n) is 7.30. The Balaban J connectivity index is 1.76. The van der Waals surface area contributed by atoms with E-state index in [1.807, 2.05) is 12.1 Å². The predicted molar refractivity (Wildman–Crippen MR) is 81.7 cm³/mol. The fourth-order valence-electron chi connectivity index (χ4n) is 3.06. The van der Waals surface area contributed by atoms with Crippen LogP contribution in [0.2, 0.25) is 5.02 Å². The highest BCUT2D eigenvalue weighted by atomic mass is 35.5. The normalized spacial score (nSPS) is 19.0. The van der Waals surface area contributed by atoms with E-state index in [9.17, 15) is 8.78 Å². The number of benzene rings is 1. The molecule has 0 bridgehead atoms. The molecule has 0 unspecified atom stereocenters. The molecule has 0 N–H and O–H groups in total. The lowest BCUT2D eigenvalue weighted by Crippen LogP contribution is -2.57. The molecule has 3 nitrogen and oxygen atoms in total. The minimum atomic E-state index is -2.60. The summed E-state index contributed by atoms with van der Waals surface area (Å²) in [6.07, 6.45) is 2.76. The minimum absolute atomic E-state index is 0.253. The number of rotatable bonds is 2. The summed E-state index contributed by atoms with van der Waals surface area (Å²) in [6.45, 7) is -0.507. The average molecular weight is 322 g/mol. The Morgan fingerprint density at radius 1 is 1.05 bits per heavy atom. The third-order valence-electron chi connectivity index (χ3n) is 4.16. The largest absolute Gasteiger partial charge is 0.344 e. The summed E-state index contributed by atoms with van der Waals surface area (Å²) >= 11 is 5.91. The van der Waals surface area contributed by atoms with Crippen LogP contribution in [0.3, 0.4) is 0 Å². The van der Waals surface area contributed by atoms with Crippen molar-refractivity contribution in [1.82, 2.24) is 9.97 Å². The fourth-order valence-corrected chi connectivity index (χ4v) is 3.19. The van der Waals surface area contributed by atoms with Crippen LogP contribution >= 0.6 is 11.6 Å². The van der Waals surface area contributed by atoms with Gasteiger partial charge in [-0.15, -0.1) is 0 Å². The number of halogens is 3. The minimum Gasteiger partial charge on any atom is -0.344 e. The lowest BCUT2D eigenvalue weighted by atomic mass is 10.1. The van der Waals surface area contributed by atoms with Crippen LogP contribution in [-0.4, -0.2) is 29.0 Å². The van der Waals surface area contributed by atoms with E-state index in [0.717, 1.165) is 36.1 Å². The van der Waals surface area contributed by atoms with Crippen molar-refractivity contribution in [3.8, 4) is 11.4 Å². The smallest absolute Gasteiger partial charge is 0.282 e. The van der Waals surface area contributed by atoms with Gasteiger partial charge in [0.1, 0.15) is 5.82 Å². The molecule has 2 aromatic rings. The van der Waals surface area contributed by atoms with E-state index >= 15 is 0 Å². The van der Waals surface area contributed by atoms with E-state index in [1.54, 1.807) is 17.0 Å². The second kappa shape index (κ2) is 4.88. The van der Waals surface area contributed by atoms with Crippen molar-refractivity contribution in [1.29, 1.82) is 0 Å². The highest BCUT2D eigenvalue weighted by Gasteiger charge is 2.45. The Hall–Kier alpha value is -1.75. The van der Waals surface area contributed by atoms with Crippen LogP contribution in [0.5, 0.6) is 0 Å². The first kappa shape index (κ1) is 13.9. The number of hydrogen-bond donors (Lipinski definition) is 0. The predicted octanol–water partition coefficient (Wildman–Crippen LogP) is 3.74. The molecule has 22 heavy (non-hydrogen) atoms. The average Bonchev–Trinajstić information content (AvgIpc) is 2.92. The molecule has 1 aromatic heterocycles. The molecule has 1 aliphatic heterocycles. The molecule has 0 atom stereocenters. The van der Waals surface area contributed by atoms with E-state index in [2.05, 4.69) is 9.97 Å². The second-order valence-corrected chi connectivity index (χ2v) is 6.30. The molecule has 0 amide bonds. The van der Waals surface area contributed by atoms with Gasteiger partial charge in [-0.1, -0.05) is 11.6 Å². The highest BCUT2D eigenvalue weighted by Crippen LogP contribution is 2.37. The third kappa shape index (κ3) is 2.33. The van der Waals surface area contributed by atoms with Gasteiger partial charge in [0, 0.05) is 21.8 Å². The molecule has 2 aliphatic rings. The zero-order valence-electron chi connectivity index (χ0n) is 11.8. The molecule has 4 rings (SSSR count). The van der Waals surface area contributed by atoms with Crippen LogP contribution in [0, 0.1) is 0 Å². The maximum absolute atomic E-state index is 13.2. The van der Waals surface area contributed by atoms with E-state index < -0.39 is 5.92 Å². The van der Waals surface area contributed by atoms with Crippen molar-refractivity contribution in [2.45, 2.75) is 25.2 Å². The molecular weight excluding hydrogens is 308 g/mol. The van der Waals surface area contributed by atoms with Gasteiger partial charge in [-0.3, -0.25) is 0 Å². The standard InChI is InChI=1S/C16H14ClF2N3/c17-11-6-4-10(5-7-11)14-20-13-3-1-2-12(13)15(21-14)22-8-16(18,19)9-22/h4-7H,1-3,8-9H2. The van der Waals surface area contributed by atoms with Crippen molar-refractivity contribution < 1.29 is 8.78 Å². The van der Waals surface area contributed by atoms with Crippen LogP contribution in [0.4, 0.5) is 14.6 Å². The number of anilines is 1. The summed E-state index contributed by atoms with van der Waals surface area (Å²) in [5.74, 6) is -1.34. The van der Waals surface area contributed by atoms with Crippen molar-refractivity contribution in [3.05, 3.63) is 40.5 Å². The number of nitrogens with zero attached hydrogens (tertiary/aromatic N) is 3. The van der Waals surface area contributed by atoms with Gasteiger partial charge in [0.15, 0.2) is 5.82 Å². The highest BCUT2D eigenvalue weighted by molar-refractivity contribution is 6.30. The van der Waals surface area contributed by atoms with E-state index in [4.69, 9.17) is 11.6 Å². The van der Waals surface area contributed by atoms with Gasteiger partial charge >= 0.3 is 0 Å². The van der Waals surface area contributed by atoms with Crippen LogP contribution in [-0.2, 0) is 12.8 Å². The molecule has 114 valence electrons. The van der Waals surface area contributed by atoms with Crippen LogP contribution in [0.1, 0.15) is 17.7 Å². The zero-order valence-corrected chi connectivity index (χ0v) is 12.6. The summed E-state index contributed by atoms with van der Waals surface area (Å²) in [4.78, 5) is 10.9. The lowest BCUT2D eigenvalue weighted by Gasteiger charge is -2.40. The number of aromatic nitrogens is 2. The number of aryl methyl sites for hydroxylation is 1. The summed E-state index contributed by atoms with van der Waals surface area (Å²) < 4.78 is 26.4. The molecule has 6 heteroatoms. The maximum atomic E-state index is 13.2. The molecule has 2 heterocycles. The summed E-state index contributed by atoms with van der Waals surface area (Å²) in [5, 5.41) is 0.646. The number of hydrogen-bond acceptors (Lipinski definition) is 3. The van der Waals surface area contributed by atoms with Crippen LogP contribution in [0.15, 0.2) is 24.3 Å². The zero-order chi connectivity index (χ0) is 15.3. The topological polar surface area (TPSA) is 29.0 Å². The van der Waals surface area contributed by atoms with E-state index in [1.165, 1.54) is 0 Å². The van der Waals surface area contributed by atoms with Gasteiger partial charge in [0.25, 0.3) is 5.92 Å². The monoisotopic (exact) mass is 321 g/mol. The van der Waals surface area contributed by atoms with Gasteiger partial charge in [-0.2, -0.15) is 0 Å². The van der Waals surface area contributed by atoms with Crippen molar-refractivity contribution in [3.63, 3.8) is 0 Å². The Labute approximate surface area is 131 Å². The molecule has 1 fully saturated rings. The molecule has 0 spiro atoms. The summed E-state index contributed by atoms with van der Waals surface area (Å²) in [7, 11) is 0. The number of fused-ring (bicyclic) bond motifs is 1. The first-order chi connectivity index (χ1) is 10.5. The first-order valence-corrected chi connectivity index (χ1v) is 7.68. The summed E-state index contributed by atoms with van der Waals surface area (Å²) in [6, 6.07) is 7.27. The van der Waals surface area contributed by atoms with Gasteiger partial charge in [0.05, 0.1) is 13.1 Å². The SMILES string of the molecule is FC1(F)CN(c2nc(-c3ccc(Cl)cc3)nc3c2CCC3)C1. The van der Waals surface area contributed by atoms with Gasteiger partial charge < -0.3 is 4.90 Å². The summed E-state index contributed by atoms with van der Waals surface area (Å²) in [5.41, 5.74) is 2.88. The van der Waals surface area contributed by atoms with Gasteiger partial charge in [-0.25, -0.2) is 18.7 Å². The Morgan fingerprint density at radius 3 is 2.45 bits per heavy atom. The van der Waals surface area contributed by atoms with Crippen molar-refractivity contribution in [2.75, 3.05) is 18.0 Å². The van der Waals surface area contributed by atoms with Crippen molar-refractivity contribution >= 4 is 17.4 Å². The lowest BCUT2D eigenvalue weighted by molar-refractivity contribution is -0.0267. The quantitative estimate of drug-likeness (QED) is 0.843. The molecule has 0 saturated carbocycles. The number of alkyl halides is 2. The van der Waals surface area contributed by atoms with Gasteiger partial charge in [-0.05, 0) is 43.5 Å². The molecule has 0 radical (unpaired) electrons. The Morgan fingerprint density at radius 2 is 1.77 bits per heavy atom. The third-order valence-corrected chi connectivity index (χ3v) is 4.41. The molecular formula is C16H14ClF2N3. The van der Waals surface area contributed by atoms with Gasteiger partial charge in [0.2, 0.25) is 0 Å². The Kier molecular flexibility index (Phi) is 3.08. The van der Waals surface area contributed by atoms with E-state index in [-0.39, 0.29) is 13.1 Å². The van der Waals surface area contributed by atoms with Crippen LogP contribution in [0.25, 0.3) is 11.4 Å². The van der Waals surface area contributed by atoms with Crippen LogP contribution < -0.4 is 4.90 Å². The van der Waals surface area contributed by atoms with E-state index in [0.29, 0.717) is 16.7 Å². The molecule has 1 aromatic carbocycles.